The number of hydrogen-bond donors (Lipinski definition) is 0. The van der Waals surface area contributed by atoms with Crippen molar-refractivity contribution in [2.75, 3.05) is 0 Å². The molecule has 0 atom stereocenters. The van der Waals surface area contributed by atoms with Crippen LogP contribution in [0.25, 0.3) is 10.9 Å². The quantitative estimate of drug-likeness (QED) is 0.703. The second-order valence-electron chi connectivity index (χ2n) is 5.21. The topological polar surface area (TPSA) is 17.3 Å². The normalized spacial score (nSPS) is 12.8. The van der Waals surface area contributed by atoms with Gasteiger partial charge in [-0.05, 0) is 42.8 Å². The Kier molecular flexibility index (Phi) is 3.13. The van der Waals surface area contributed by atoms with Gasteiger partial charge in [0.25, 0.3) is 0 Å². The van der Waals surface area contributed by atoms with E-state index in [0.717, 1.165) is 10.2 Å². The third-order valence-corrected chi connectivity index (χ3v) is 3.61. The maximum atomic E-state index is 4.58. The number of aryl methyl sites for hydroxylation is 1. The Bertz CT molecular complexity index is 574. The summed E-state index contributed by atoms with van der Waals surface area (Å²) in [4.78, 5) is 4.58. The fourth-order valence-electron chi connectivity index (χ4n) is 1.77. The zero-order valence-electron chi connectivity index (χ0n) is 10.7. The maximum Gasteiger partial charge on any atom is 0.0943 e. The number of fused-ring (bicyclic) bond motifs is 1. The lowest BCUT2D eigenvalue weighted by molar-refractivity contribution is 0.586. The minimum Gasteiger partial charge on any atom is -0.338 e. The zero-order valence-corrected chi connectivity index (χ0v) is 12.2. The highest BCUT2D eigenvalue weighted by Crippen LogP contribution is 2.28. The molecule has 0 fully saturated rings. The Morgan fingerprint density at radius 3 is 2.53 bits per heavy atom. The monoisotopic (exact) mass is 292 g/mol. The number of aromatic nitrogens is 1. The molecular weight excluding hydrogens is 276 g/mol. The van der Waals surface area contributed by atoms with Gasteiger partial charge in [0.15, 0.2) is 0 Å². The van der Waals surface area contributed by atoms with Gasteiger partial charge in [-0.25, -0.2) is 0 Å². The van der Waals surface area contributed by atoms with Crippen molar-refractivity contribution >= 4 is 33.0 Å². The van der Waals surface area contributed by atoms with Crippen molar-refractivity contribution in [1.29, 1.82) is 0 Å². The first-order chi connectivity index (χ1) is 7.90. The Morgan fingerprint density at radius 2 is 1.88 bits per heavy atom. The van der Waals surface area contributed by atoms with Crippen LogP contribution in [0.2, 0.25) is 0 Å². The van der Waals surface area contributed by atoms with Gasteiger partial charge in [0.1, 0.15) is 0 Å². The van der Waals surface area contributed by atoms with Gasteiger partial charge in [-0.15, -0.1) is 0 Å². The van der Waals surface area contributed by atoms with E-state index in [-0.39, 0.29) is 5.54 Å². The second kappa shape index (κ2) is 4.30. The number of rotatable bonds is 1. The lowest BCUT2D eigenvalue weighted by Gasteiger charge is -2.10. The molecule has 3 heteroatoms. The van der Waals surface area contributed by atoms with Crippen molar-refractivity contribution in [3.05, 3.63) is 34.4 Å². The van der Waals surface area contributed by atoms with Crippen LogP contribution in [0.4, 0.5) is 0 Å². The minimum atomic E-state index is -0.0453. The van der Waals surface area contributed by atoms with Gasteiger partial charge in [-0.3, -0.25) is 4.99 Å². The van der Waals surface area contributed by atoms with Crippen LogP contribution in [0.3, 0.4) is 0 Å². The highest BCUT2D eigenvalue weighted by Gasteiger charge is 2.12. The number of aliphatic imine (C=N–C) groups is 1. The van der Waals surface area contributed by atoms with Crippen LogP contribution in [0.1, 0.15) is 26.3 Å². The van der Waals surface area contributed by atoms with Crippen LogP contribution in [0.15, 0.2) is 33.9 Å². The molecule has 0 saturated carbocycles. The molecule has 2 rings (SSSR count). The maximum absolute atomic E-state index is 4.58. The molecule has 0 spiro atoms. The summed E-state index contributed by atoms with van der Waals surface area (Å²) in [7, 11) is 2.06. The molecule has 0 aliphatic rings. The van der Waals surface area contributed by atoms with Gasteiger partial charge in [-0.2, -0.15) is 0 Å². The third kappa shape index (κ3) is 2.44. The molecule has 17 heavy (non-hydrogen) atoms. The van der Waals surface area contributed by atoms with Crippen LogP contribution in [-0.2, 0) is 7.05 Å². The molecule has 0 unspecified atom stereocenters. The van der Waals surface area contributed by atoms with E-state index in [1.807, 2.05) is 6.21 Å². The summed E-state index contributed by atoms with van der Waals surface area (Å²) < 4.78 is 3.21. The number of nitrogens with zero attached hydrogens (tertiary/aromatic N) is 2. The lowest BCUT2D eigenvalue weighted by Crippen LogP contribution is -2.09. The predicted octanol–water partition coefficient (Wildman–Crippen LogP) is 4.16. The van der Waals surface area contributed by atoms with E-state index >= 15 is 0 Å². The average Bonchev–Trinajstić information content (AvgIpc) is 2.49. The summed E-state index contributed by atoms with van der Waals surface area (Å²) in [5, 5.41) is 1.23. The van der Waals surface area contributed by atoms with Crippen LogP contribution in [-0.4, -0.2) is 16.3 Å². The SMILES string of the molecule is Cn1c(Br)c(C=NC(C)(C)C)c2ccccc21. The van der Waals surface area contributed by atoms with E-state index in [4.69, 9.17) is 0 Å². The van der Waals surface area contributed by atoms with E-state index in [1.165, 1.54) is 10.9 Å². The van der Waals surface area contributed by atoms with Gasteiger partial charge < -0.3 is 4.57 Å². The summed E-state index contributed by atoms with van der Waals surface area (Å²) in [6.45, 7) is 6.30. The minimum absolute atomic E-state index is 0.0453. The Balaban J connectivity index is 2.62. The van der Waals surface area contributed by atoms with E-state index in [1.54, 1.807) is 0 Å². The van der Waals surface area contributed by atoms with E-state index in [2.05, 4.69) is 77.6 Å². The van der Waals surface area contributed by atoms with Gasteiger partial charge in [0.2, 0.25) is 0 Å². The zero-order chi connectivity index (χ0) is 12.6. The number of halogens is 1. The van der Waals surface area contributed by atoms with Gasteiger partial charge in [-0.1, -0.05) is 18.2 Å². The Labute approximate surface area is 110 Å². The molecule has 1 aromatic carbocycles. The molecule has 0 N–H and O–H groups in total. The van der Waals surface area contributed by atoms with Crippen LogP contribution in [0, 0.1) is 0 Å². The molecule has 90 valence electrons. The van der Waals surface area contributed by atoms with Crippen molar-refractivity contribution < 1.29 is 0 Å². The molecule has 1 aromatic heterocycles. The molecule has 0 aliphatic carbocycles. The fraction of sp³-hybridized carbons (Fsp3) is 0.357. The van der Waals surface area contributed by atoms with Crippen LogP contribution < -0.4 is 0 Å². The summed E-state index contributed by atoms with van der Waals surface area (Å²) in [6, 6.07) is 8.36. The number of hydrogen-bond acceptors (Lipinski definition) is 1. The first-order valence-electron chi connectivity index (χ1n) is 5.68. The predicted molar refractivity (Wildman–Crippen MR) is 78.0 cm³/mol. The summed E-state index contributed by atoms with van der Waals surface area (Å²) in [5.74, 6) is 0. The van der Waals surface area contributed by atoms with E-state index in [0.29, 0.717) is 0 Å². The van der Waals surface area contributed by atoms with Crippen molar-refractivity contribution in [2.24, 2.45) is 12.0 Å². The largest absolute Gasteiger partial charge is 0.338 e. The Hall–Kier alpha value is -1.09. The third-order valence-electron chi connectivity index (χ3n) is 2.65. The summed E-state index contributed by atoms with van der Waals surface area (Å²) in [6.07, 6.45) is 1.96. The van der Waals surface area contributed by atoms with Gasteiger partial charge >= 0.3 is 0 Å². The van der Waals surface area contributed by atoms with Gasteiger partial charge in [0, 0.05) is 29.7 Å². The first-order valence-corrected chi connectivity index (χ1v) is 6.47. The number of para-hydroxylation sites is 1. The molecule has 2 nitrogen and oxygen atoms in total. The summed E-state index contributed by atoms with van der Waals surface area (Å²) in [5.41, 5.74) is 2.32. The standard InChI is InChI=1S/C14H17BrN2/c1-14(2,3)16-9-11-10-7-5-6-8-12(10)17(4)13(11)15/h5-9H,1-4H3. The first kappa shape index (κ1) is 12.4. The summed E-state index contributed by atoms with van der Waals surface area (Å²) >= 11 is 3.63. The van der Waals surface area contributed by atoms with E-state index < -0.39 is 0 Å². The number of benzene rings is 1. The molecule has 1 heterocycles. The van der Waals surface area contributed by atoms with Crippen molar-refractivity contribution in [3.63, 3.8) is 0 Å². The molecule has 0 radical (unpaired) electrons. The molecular formula is C14H17BrN2. The highest BCUT2D eigenvalue weighted by atomic mass is 79.9. The smallest absolute Gasteiger partial charge is 0.0943 e. The molecule has 0 saturated heterocycles. The van der Waals surface area contributed by atoms with Crippen molar-refractivity contribution in [1.82, 2.24) is 4.57 Å². The highest BCUT2D eigenvalue weighted by molar-refractivity contribution is 9.10. The molecule has 0 amide bonds. The molecule has 2 aromatic rings. The van der Waals surface area contributed by atoms with Crippen molar-refractivity contribution in [3.8, 4) is 0 Å². The second-order valence-corrected chi connectivity index (χ2v) is 5.96. The van der Waals surface area contributed by atoms with E-state index in [9.17, 15) is 0 Å². The Morgan fingerprint density at radius 1 is 1.24 bits per heavy atom. The average molecular weight is 293 g/mol. The fourth-order valence-corrected chi connectivity index (χ4v) is 2.28. The van der Waals surface area contributed by atoms with Crippen molar-refractivity contribution in [2.45, 2.75) is 26.3 Å². The molecule has 0 aliphatic heterocycles. The van der Waals surface area contributed by atoms with Crippen LogP contribution in [0.5, 0.6) is 0 Å². The van der Waals surface area contributed by atoms with Crippen LogP contribution >= 0.6 is 15.9 Å². The lowest BCUT2D eigenvalue weighted by atomic mass is 10.1. The molecule has 0 bridgehead atoms. The van der Waals surface area contributed by atoms with Gasteiger partial charge in [0.05, 0.1) is 10.1 Å².